The zero-order valence-electron chi connectivity index (χ0n) is 33.2. The minimum atomic E-state index is 1.09. The molecule has 12 aromatic rings. The molecule has 0 bridgehead atoms. The number of aromatic nitrogens is 1. The lowest BCUT2D eigenvalue weighted by Crippen LogP contribution is -2.11. The van der Waals surface area contributed by atoms with E-state index < -0.39 is 0 Å². The van der Waals surface area contributed by atoms with E-state index in [-0.39, 0.29) is 0 Å². The zero-order chi connectivity index (χ0) is 40.3. The molecule has 12 rings (SSSR count). The summed E-state index contributed by atoms with van der Waals surface area (Å²) in [6, 6.07) is 84.3. The van der Waals surface area contributed by atoms with Crippen LogP contribution < -0.4 is 4.90 Å². The third-order valence-corrected chi connectivity index (χ3v) is 13.3. The first-order valence-corrected chi connectivity index (χ1v) is 21.6. The van der Waals surface area contributed by atoms with E-state index in [9.17, 15) is 0 Å². The van der Waals surface area contributed by atoms with Gasteiger partial charge in [0.15, 0.2) is 0 Å². The van der Waals surface area contributed by atoms with Gasteiger partial charge >= 0.3 is 0 Å². The molecule has 0 aliphatic carbocycles. The third-order valence-electron chi connectivity index (χ3n) is 12.2. The Morgan fingerprint density at radius 2 is 0.934 bits per heavy atom. The highest BCUT2D eigenvalue weighted by molar-refractivity contribution is 7.25. The monoisotopic (exact) mass is 794 g/mol. The van der Waals surface area contributed by atoms with Crippen LogP contribution in [0.15, 0.2) is 231 Å². The fourth-order valence-electron chi connectivity index (χ4n) is 9.26. The van der Waals surface area contributed by atoms with Crippen LogP contribution in [-0.2, 0) is 0 Å². The van der Waals surface area contributed by atoms with Gasteiger partial charge in [0, 0.05) is 53.6 Å². The van der Waals surface area contributed by atoms with Gasteiger partial charge in [0.05, 0.1) is 16.7 Å². The largest absolute Gasteiger partial charge is 0.310 e. The Kier molecular flexibility index (Phi) is 8.39. The number of anilines is 3. The van der Waals surface area contributed by atoms with Crippen LogP contribution in [0.1, 0.15) is 0 Å². The quantitative estimate of drug-likeness (QED) is 0.156. The van der Waals surface area contributed by atoms with E-state index in [1.165, 1.54) is 86.1 Å². The fraction of sp³-hybridized carbons (Fsp3) is 0. The van der Waals surface area contributed by atoms with E-state index >= 15 is 0 Å². The van der Waals surface area contributed by atoms with Crippen molar-refractivity contribution in [3.8, 4) is 39.1 Å². The Hall–Kier alpha value is -7.72. The molecule has 2 heterocycles. The van der Waals surface area contributed by atoms with Gasteiger partial charge in [0.25, 0.3) is 0 Å². The van der Waals surface area contributed by atoms with Gasteiger partial charge in [0.1, 0.15) is 0 Å². The molecule has 2 aromatic heterocycles. The highest BCUT2D eigenvalue weighted by atomic mass is 32.1. The van der Waals surface area contributed by atoms with Crippen LogP contribution in [0.2, 0.25) is 0 Å². The molecule has 286 valence electrons. The second-order valence-electron chi connectivity index (χ2n) is 15.7. The molecule has 0 aliphatic heterocycles. The normalized spacial score (nSPS) is 11.6. The van der Waals surface area contributed by atoms with E-state index in [2.05, 4.69) is 240 Å². The molecule has 0 saturated carbocycles. The predicted octanol–water partition coefficient (Wildman–Crippen LogP) is 16.8. The van der Waals surface area contributed by atoms with Gasteiger partial charge in [-0.2, -0.15) is 0 Å². The molecule has 0 aliphatic rings. The molecule has 0 unspecified atom stereocenters. The van der Waals surface area contributed by atoms with Gasteiger partial charge in [0.2, 0.25) is 0 Å². The van der Waals surface area contributed by atoms with Gasteiger partial charge in [-0.05, 0) is 111 Å². The van der Waals surface area contributed by atoms with Crippen LogP contribution in [0.3, 0.4) is 0 Å². The van der Waals surface area contributed by atoms with Crippen molar-refractivity contribution < 1.29 is 0 Å². The summed E-state index contributed by atoms with van der Waals surface area (Å²) in [5.41, 5.74) is 14.0. The fourth-order valence-corrected chi connectivity index (χ4v) is 10.4. The smallest absolute Gasteiger partial charge is 0.0541 e. The Labute approximate surface area is 358 Å². The number of nitrogens with zero attached hydrogens (tertiary/aromatic N) is 2. The highest BCUT2D eigenvalue weighted by Crippen LogP contribution is 2.44. The summed E-state index contributed by atoms with van der Waals surface area (Å²) < 4.78 is 5.00. The molecule has 0 radical (unpaired) electrons. The maximum absolute atomic E-state index is 2.42. The highest BCUT2D eigenvalue weighted by Gasteiger charge is 2.19. The number of para-hydroxylation sites is 3. The number of hydrogen-bond donors (Lipinski definition) is 0. The molecule has 10 aromatic carbocycles. The lowest BCUT2D eigenvalue weighted by molar-refractivity contribution is 1.18. The van der Waals surface area contributed by atoms with E-state index in [0.717, 1.165) is 22.7 Å². The standard InChI is InChI=1S/C58H38N2S/c1-2-14-41-35-44(28-27-39(41)13-1)43-16-12-17-47(37-43)59(54-23-7-3-19-49(54)45-31-34-53-52-22-6-10-26-57(52)61-58(53)38-45)46-32-29-40(30-33-46)42-15-11-18-48(36-42)60-55-24-8-4-20-50(55)51-21-5-9-25-56(51)60/h1-38H. The second kappa shape index (κ2) is 14.5. The average Bonchev–Trinajstić information content (AvgIpc) is 3.87. The second-order valence-corrected chi connectivity index (χ2v) is 16.8. The molecule has 3 heteroatoms. The molecule has 61 heavy (non-hydrogen) atoms. The van der Waals surface area contributed by atoms with Crippen molar-refractivity contribution >= 4 is 81.1 Å². The summed E-state index contributed by atoms with van der Waals surface area (Å²) in [6.45, 7) is 0. The Morgan fingerprint density at radius 1 is 0.328 bits per heavy atom. The first-order chi connectivity index (χ1) is 30.2. The van der Waals surface area contributed by atoms with Crippen molar-refractivity contribution in [3.63, 3.8) is 0 Å². The van der Waals surface area contributed by atoms with Crippen LogP contribution in [0.5, 0.6) is 0 Å². The van der Waals surface area contributed by atoms with Crippen LogP contribution in [0.25, 0.3) is 91.8 Å². The van der Waals surface area contributed by atoms with E-state index in [1.54, 1.807) is 0 Å². The molecular formula is C58H38N2S. The van der Waals surface area contributed by atoms with Crippen LogP contribution in [-0.4, -0.2) is 4.57 Å². The summed E-state index contributed by atoms with van der Waals surface area (Å²) in [4.78, 5) is 2.42. The third kappa shape index (κ3) is 6.09. The molecule has 2 nitrogen and oxygen atoms in total. The molecule has 0 atom stereocenters. The predicted molar refractivity (Wildman–Crippen MR) is 262 cm³/mol. The Morgan fingerprint density at radius 3 is 1.75 bits per heavy atom. The van der Waals surface area contributed by atoms with Crippen molar-refractivity contribution in [1.82, 2.24) is 4.57 Å². The summed E-state index contributed by atoms with van der Waals surface area (Å²) in [7, 11) is 0. The van der Waals surface area contributed by atoms with Crippen molar-refractivity contribution in [1.29, 1.82) is 0 Å². The molecular weight excluding hydrogens is 757 g/mol. The van der Waals surface area contributed by atoms with Crippen LogP contribution in [0, 0.1) is 0 Å². The van der Waals surface area contributed by atoms with Crippen molar-refractivity contribution in [3.05, 3.63) is 231 Å². The SMILES string of the molecule is c1cc(-c2ccc3ccccc3c2)cc(N(c2ccc(-c3cccc(-n4c5ccccc5c5ccccc54)c3)cc2)c2ccccc2-c2ccc3c(c2)sc2ccccc23)c1. The van der Waals surface area contributed by atoms with Gasteiger partial charge in [-0.3, -0.25) is 0 Å². The molecule has 0 saturated heterocycles. The number of fused-ring (bicyclic) bond motifs is 7. The summed E-state index contributed by atoms with van der Waals surface area (Å²) in [5, 5.41) is 7.63. The molecule has 0 N–H and O–H groups in total. The van der Waals surface area contributed by atoms with Gasteiger partial charge < -0.3 is 9.47 Å². The van der Waals surface area contributed by atoms with E-state index in [0.29, 0.717) is 0 Å². The van der Waals surface area contributed by atoms with Crippen LogP contribution in [0.4, 0.5) is 17.1 Å². The minimum absolute atomic E-state index is 1.09. The van der Waals surface area contributed by atoms with Crippen molar-refractivity contribution in [2.75, 3.05) is 4.90 Å². The van der Waals surface area contributed by atoms with Crippen LogP contribution >= 0.6 is 11.3 Å². The number of hydrogen-bond acceptors (Lipinski definition) is 2. The topological polar surface area (TPSA) is 8.17 Å². The average molecular weight is 795 g/mol. The van der Waals surface area contributed by atoms with Gasteiger partial charge in [-0.1, -0.05) is 158 Å². The summed E-state index contributed by atoms with van der Waals surface area (Å²) in [6.07, 6.45) is 0. The maximum Gasteiger partial charge on any atom is 0.0541 e. The van der Waals surface area contributed by atoms with Gasteiger partial charge in [-0.25, -0.2) is 0 Å². The minimum Gasteiger partial charge on any atom is -0.310 e. The zero-order valence-corrected chi connectivity index (χ0v) is 34.1. The molecule has 0 fully saturated rings. The first kappa shape index (κ1) is 35.2. The summed E-state index contributed by atoms with van der Waals surface area (Å²) >= 11 is 1.86. The Bertz CT molecular complexity index is 3560. The first-order valence-electron chi connectivity index (χ1n) is 20.8. The van der Waals surface area contributed by atoms with Crippen molar-refractivity contribution in [2.24, 2.45) is 0 Å². The number of rotatable bonds is 7. The lowest BCUT2D eigenvalue weighted by atomic mass is 9.98. The summed E-state index contributed by atoms with van der Waals surface area (Å²) in [5.74, 6) is 0. The Balaban J connectivity index is 0.985. The lowest BCUT2D eigenvalue weighted by Gasteiger charge is -2.28. The van der Waals surface area contributed by atoms with E-state index in [1.807, 2.05) is 11.3 Å². The molecule has 0 spiro atoms. The number of benzene rings is 10. The number of thiophene rings is 1. The van der Waals surface area contributed by atoms with E-state index in [4.69, 9.17) is 0 Å². The van der Waals surface area contributed by atoms with Gasteiger partial charge in [-0.15, -0.1) is 11.3 Å². The molecule has 0 amide bonds. The van der Waals surface area contributed by atoms with Crippen molar-refractivity contribution in [2.45, 2.75) is 0 Å². The maximum atomic E-state index is 2.42.